The second kappa shape index (κ2) is 9.33. The predicted molar refractivity (Wildman–Crippen MR) is 146 cm³/mol. The van der Waals surface area contributed by atoms with Crippen LogP contribution in [0.15, 0.2) is 114 Å². The number of benzene rings is 4. The summed E-state index contributed by atoms with van der Waals surface area (Å²) in [5, 5.41) is 17.3. The molecule has 0 aliphatic heterocycles. The Balaban J connectivity index is 1.21. The lowest BCUT2D eigenvalue weighted by molar-refractivity contribution is 0.102. The first-order valence-corrected chi connectivity index (χ1v) is 11.7. The quantitative estimate of drug-likeness (QED) is 0.266. The lowest BCUT2D eigenvalue weighted by atomic mass is 10.1. The average Bonchev–Trinajstić information content (AvgIpc) is 3.33. The number of rotatable bonds is 5. The number of hydrogen-bond donors (Lipinski definition) is 2. The van der Waals surface area contributed by atoms with Crippen molar-refractivity contribution in [3.05, 3.63) is 120 Å². The molecule has 2 N–H and O–H groups in total. The largest absolute Gasteiger partial charge is 0.455 e. The van der Waals surface area contributed by atoms with Crippen molar-refractivity contribution < 1.29 is 9.21 Å². The molecular weight excluding hydrogens is 460 g/mol. The Morgan fingerprint density at radius 1 is 0.784 bits per heavy atom. The van der Waals surface area contributed by atoms with Crippen molar-refractivity contribution in [1.82, 2.24) is 4.98 Å². The van der Waals surface area contributed by atoms with E-state index in [-0.39, 0.29) is 5.91 Å². The highest BCUT2D eigenvalue weighted by atomic mass is 16.3. The summed E-state index contributed by atoms with van der Waals surface area (Å²) in [5.41, 5.74) is 6.83. The zero-order valence-electron chi connectivity index (χ0n) is 19.6. The molecule has 6 rings (SSSR count). The van der Waals surface area contributed by atoms with Gasteiger partial charge in [-0.2, -0.15) is 5.26 Å². The maximum Gasteiger partial charge on any atom is 0.255 e. The number of pyridine rings is 1. The summed E-state index contributed by atoms with van der Waals surface area (Å²) in [5.74, 6) is -0.233. The van der Waals surface area contributed by atoms with E-state index < -0.39 is 0 Å². The van der Waals surface area contributed by atoms with E-state index in [0.717, 1.165) is 44.6 Å². The highest BCUT2D eigenvalue weighted by molar-refractivity contribution is 6.09. The number of aromatic nitrogens is 1. The van der Waals surface area contributed by atoms with Crippen molar-refractivity contribution in [2.75, 3.05) is 10.6 Å². The Hall–Kier alpha value is -5.41. The summed E-state index contributed by atoms with van der Waals surface area (Å²) < 4.78 is 6.18. The van der Waals surface area contributed by atoms with Crippen LogP contribution in [0.1, 0.15) is 15.9 Å². The van der Waals surface area contributed by atoms with E-state index in [1.54, 1.807) is 30.5 Å². The first-order valence-electron chi connectivity index (χ1n) is 11.7. The SMILES string of the molecule is N#Cc1ccc(C(=O)Nc2ccc(Nc3ccnc(-c4cccc5c4oc4ccccc45)c3)cc2)cc1. The smallest absolute Gasteiger partial charge is 0.255 e. The van der Waals surface area contributed by atoms with Gasteiger partial charge in [-0.1, -0.05) is 30.3 Å². The molecule has 176 valence electrons. The minimum absolute atomic E-state index is 0.233. The van der Waals surface area contributed by atoms with Gasteiger partial charge in [-0.3, -0.25) is 9.78 Å². The van der Waals surface area contributed by atoms with Crippen molar-refractivity contribution in [1.29, 1.82) is 5.26 Å². The number of amides is 1. The van der Waals surface area contributed by atoms with Gasteiger partial charge in [0.15, 0.2) is 0 Å². The molecule has 0 aliphatic rings. The molecule has 0 radical (unpaired) electrons. The van der Waals surface area contributed by atoms with E-state index in [4.69, 9.17) is 9.68 Å². The molecule has 0 unspecified atom stereocenters. The van der Waals surface area contributed by atoms with E-state index in [1.807, 2.05) is 72.8 Å². The number of carbonyl (C=O) groups is 1. The fourth-order valence-corrected chi connectivity index (χ4v) is 4.31. The molecule has 6 aromatic rings. The van der Waals surface area contributed by atoms with Gasteiger partial charge in [-0.25, -0.2) is 0 Å². The molecule has 1 amide bonds. The zero-order valence-corrected chi connectivity index (χ0v) is 19.6. The van der Waals surface area contributed by atoms with Crippen molar-refractivity contribution in [3.8, 4) is 17.3 Å². The summed E-state index contributed by atoms with van der Waals surface area (Å²) in [4.78, 5) is 17.1. The van der Waals surface area contributed by atoms with Gasteiger partial charge in [-0.15, -0.1) is 0 Å². The molecule has 0 spiro atoms. The summed E-state index contributed by atoms with van der Waals surface area (Å²) >= 11 is 0. The molecule has 2 aromatic heterocycles. The fourth-order valence-electron chi connectivity index (χ4n) is 4.31. The molecule has 0 saturated heterocycles. The first-order chi connectivity index (χ1) is 18.2. The van der Waals surface area contributed by atoms with Gasteiger partial charge in [0.2, 0.25) is 0 Å². The molecule has 2 heterocycles. The summed E-state index contributed by atoms with van der Waals surface area (Å²) in [7, 11) is 0. The Kier molecular flexibility index (Phi) is 5.57. The molecule has 6 heteroatoms. The van der Waals surface area contributed by atoms with E-state index in [0.29, 0.717) is 16.8 Å². The van der Waals surface area contributed by atoms with Gasteiger partial charge < -0.3 is 15.1 Å². The highest BCUT2D eigenvalue weighted by Crippen LogP contribution is 2.35. The van der Waals surface area contributed by atoms with E-state index >= 15 is 0 Å². The second-order valence-corrected chi connectivity index (χ2v) is 8.56. The van der Waals surface area contributed by atoms with Crippen molar-refractivity contribution in [2.24, 2.45) is 0 Å². The Morgan fingerprint density at radius 2 is 1.54 bits per heavy atom. The van der Waals surface area contributed by atoms with Crippen LogP contribution < -0.4 is 10.6 Å². The molecule has 4 aromatic carbocycles. The van der Waals surface area contributed by atoms with Gasteiger partial charge in [0.1, 0.15) is 11.2 Å². The van der Waals surface area contributed by atoms with Gasteiger partial charge in [-0.05, 0) is 72.8 Å². The number of anilines is 3. The van der Waals surface area contributed by atoms with Gasteiger partial charge in [0, 0.05) is 45.2 Å². The van der Waals surface area contributed by atoms with E-state index in [1.165, 1.54) is 0 Å². The highest BCUT2D eigenvalue weighted by Gasteiger charge is 2.13. The number of fused-ring (bicyclic) bond motifs is 3. The third kappa shape index (κ3) is 4.38. The Morgan fingerprint density at radius 3 is 2.35 bits per heavy atom. The minimum atomic E-state index is -0.233. The Bertz CT molecular complexity index is 1800. The van der Waals surface area contributed by atoms with Gasteiger partial charge >= 0.3 is 0 Å². The second-order valence-electron chi connectivity index (χ2n) is 8.56. The van der Waals surface area contributed by atoms with Crippen LogP contribution in [0.4, 0.5) is 17.1 Å². The number of furan rings is 1. The number of hydrogen-bond acceptors (Lipinski definition) is 5. The number of nitriles is 1. The van der Waals surface area contributed by atoms with Crippen LogP contribution in [0.25, 0.3) is 33.2 Å². The third-order valence-corrected chi connectivity index (χ3v) is 6.15. The number of carbonyl (C=O) groups excluding carboxylic acids is 1. The summed E-state index contributed by atoms with van der Waals surface area (Å²) in [6.07, 6.45) is 1.77. The van der Waals surface area contributed by atoms with Crippen LogP contribution in [0.3, 0.4) is 0 Å². The standard InChI is InChI=1S/C31H20N4O2/c32-19-20-8-10-21(11-9-20)31(36)35-23-14-12-22(13-15-23)34-24-16-17-33-28(18-24)27-6-3-5-26-25-4-1-2-7-29(25)37-30(26)27/h1-18H,(H,33,34)(H,35,36). The molecule has 0 atom stereocenters. The molecule has 6 nitrogen and oxygen atoms in total. The van der Waals surface area contributed by atoms with Crippen molar-refractivity contribution >= 4 is 44.9 Å². The summed E-state index contributed by atoms with van der Waals surface area (Å²) in [6.45, 7) is 0. The van der Waals surface area contributed by atoms with Crippen LogP contribution in [0, 0.1) is 11.3 Å². The first kappa shape index (κ1) is 22.1. The topological polar surface area (TPSA) is 91.0 Å². The van der Waals surface area contributed by atoms with E-state index in [9.17, 15) is 4.79 Å². The van der Waals surface area contributed by atoms with Gasteiger partial charge in [0.25, 0.3) is 5.91 Å². The minimum Gasteiger partial charge on any atom is -0.455 e. The van der Waals surface area contributed by atoms with Crippen LogP contribution in [0.5, 0.6) is 0 Å². The molecule has 0 fully saturated rings. The van der Waals surface area contributed by atoms with Crippen molar-refractivity contribution in [2.45, 2.75) is 0 Å². The number of nitrogens with zero attached hydrogens (tertiary/aromatic N) is 2. The number of para-hydroxylation sites is 2. The molecule has 0 aliphatic carbocycles. The third-order valence-electron chi connectivity index (χ3n) is 6.15. The Labute approximate surface area is 212 Å². The summed E-state index contributed by atoms with van der Waals surface area (Å²) in [6, 6.07) is 34.0. The molecule has 0 saturated carbocycles. The maximum atomic E-state index is 12.5. The number of nitrogens with one attached hydrogen (secondary N) is 2. The maximum absolute atomic E-state index is 12.5. The fraction of sp³-hybridized carbons (Fsp3) is 0. The van der Waals surface area contributed by atoms with E-state index in [2.05, 4.69) is 27.8 Å². The van der Waals surface area contributed by atoms with Crippen molar-refractivity contribution in [3.63, 3.8) is 0 Å². The van der Waals surface area contributed by atoms with Gasteiger partial charge in [0.05, 0.1) is 17.3 Å². The molecular formula is C31H20N4O2. The zero-order chi connectivity index (χ0) is 25.2. The van der Waals surface area contributed by atoms with Crippen LogP contribution >= 0.6 is 0 Å². The van der Waals surface area contributed by atoms with Crippen LogP contribution in [-0.4, -0.2) is 10.9 Å². The monoisotopic (exact) mass is 480 g/mol. The lowest BCUT2D eigenvalue weighted by Crippen LogP contribution is -2.11. The molecule has 37 heavy (non-hydrogen) atoms. The van der Waals surface area contributed by atoms with Crippen LogP contribution in [-0.2, 0) is 0 Å². The average molecular weight is 481 g/mol. The lowest BCUT2D eigenvalue weighted by Gasteiger charge is -2.10. The molecule has 0 bridgehead atoms. The normalized spacial score (nSPS) is 10.8. The van der Waals surface area contributed by atoms with Crippen LogP contribution in [0.2, 0.25) is 0 Å². The predicted octanol–water partition coefficient (Wildman–Crippen LogP) is 7.52.